The average Bonchev–Trinajstić information content (AvgIpc) is 3.03. The second-order valence-electron chi connectivity index (χ2n) is 5.02. The molecule has 8 heteroatoms. The molecule has 0 bridgehead atoms. The zero-order chi connectivity index (χ0) is 16.9. The second-order valence-corrected chi connectivity index (χ2v) is 5.43. The summed E-state index contributed by atoms with van der Waals surface area (Å²) in [6.45, 7) is 0.285. The third-order valence-corrected chi connectivity index (χ3v) is 3.67. The van der Waals surface area contributed by atoms with Crippen LogP contribution in [0.25, 0.3) is 11.4 Å². The summed E-state index contributed by atoms with van der Waals surface area (Å²) in [7, 11) is 0. The number of aryl methyl sites for hydroxylation is 1. The first kappa shape index (κ1) is 15.9. The molecule has 0 aliphatic rings. The van der Waals surface area contributed by atoms with E-state index in [4.69, 9.17) is 11.6 Å². The van der Waals surface area contributed by atoms with Crippen molar-refractivity contribution >= 4 is 23.5 Å². The van der Waals surface area contributed by atoms with Crippen molar-refractivity contribution < 1.29 is 4.79 Å². The standard InChI is InChI=1S/C16H14ClN5O2/c17-12-6-2-1-5-11(12)15-19-16(21-20-15)18-13(23)8-10-22-9-4-3-7-14(22)24/h1-7,9H,8,10H2,(H2,18,19,20,21,23). The summed E-state index contributed by atoms with van der Waals surface area (Å²) in [5, 5.41) is 9.81. The number of carbonyl (C=O) groups is 1. The molecule has 0 aliphatic carbocycles. The number of benzene rings is 1. The monoisotopic (exact) mass is 343 g/mol. The van der Waals surface area contributed by atoms with Gasteiger partial charge in [0.25, 0.3) is 5.56 Å². The van der Waals surface area contributed by atoms with Crippen molar-refractivity contribution in [1.29, 1.82) is 0 Å². The number of nitrogens with one attached hydrogen (secondary N) is 2. The normalized spacial score (nSPS) is 10.5. The molecular formula is C16H14ClN5O2. The Labute approximate surface area is 142 Å². The summed E-state index contributed by atoms with van der Waals surface area (Å²) >= 11 is 6.10. The van der Waals surface area contributed by atoms with Gasteiger partial charge in [-0.1, -0.05) is 29.8 Å². The minimum absolute atomic E-state index is 0.139. The minimum atomic E-state index is -0.282. The number of rotatable bonds is 5. The van der Waals surface area contributed by atoms with Crippen molar-refractivity contribution in [1.82, 2.24) is 19.7 Å². The summed E-state index contributed by atoms with van der Waals surface area (Å²) in [4.78, 5) is 27.7. The number of amides is 1. The van der Waals surface area contributed by atoms with E-state index in [-0.39, 0.29) is 30.4 Å². The molecule has 0 aliphatic heterocycles. The fourth-order valence-corrected chi connectivity index (χ4v) is 2.37. The highest BCUT2D eigenvalue weighted by Crippen LogP contribution is 2.24. The van der Waals surface area contributed by atoms with E-state index in [1.54, 1.807) is 30.5 Å². The number of aromatic nitrogens is 4. The van der Waals surface area contributed by atoms with Crippen molar-refractivity contribution in [3.05, 3.63) is 64.0 Å². The van der Waals surface area contributed by atoms with E-state index < -0.39 is 0 Å². The Hall–Kier alpha value is -2.93. The number of halogens is 1. The highest BCUT2D eigenvalue weighted by molar-refractivity contribution is 6.33. The van der Waals surface area contributed by atoms with E-state index in [9.17, 15) is 9.59 Å². The number of H-pyrrole nitrogens is 1. The van der Waals surface area contributed by atoms with Crippen LogP contribution >= 0.6 is 11.6 Å². The molecule has 2 N–H and O–H groups in total. The van der Waals surface area contributed by atoms with Gasteiger partial charge in [0, 0.05) is 30.8 Å². The first-order valence-electron chi connectivity index (χ1n) is 7.26. The molecule has 0 saturated heterocycles. The van der Waals surface area contributed by atoms with Crippen LogP contribution in [0.3, 0.4) is 0 Å². The summed E-state index contributed by atoms with van der Waals surface area (Å²) < 4.78 is 1.47. The van der Waals surface area contributed by atoms with Crippen molar-refractivity contribution in [3.8, 4) is 11.4 Å². The molecule has 2 heterocycles. The van der Waals surface area contributed by atoms with Gasteiger partial charge in [0.1, 0.15) is 0 Å². The molecule has 2 aromatic heterocycles. The van der Waals surface area contributed by atoms with Gasteiger partial charge in [-0.25, -0.2) is 0 Å². The van der Waals surface area contributed by atoms with Crippen LogP contribution in [0.4, 0.5) is 5.95 Å². The molecule has 24 heavy (non-hydrogen) atoms. The first-order valence-corrected chi connectivity index (χ1v) is 7.64. The quantitative estimate of drug-likeness (QED) is 0.743. The van der Waals surface area contributed by atoms with Crippen molar-refractivity contribution in [3.63, 3.8) is 0 Å². The van der Waals surface area contributed by atoms with Crippen LogP contribution in [-0.2, 0) is 11.3 Å². The van der Waals surface area contributed by atoms with Crippen LogP contribution in [0.1, 0.15) is 6.42 Å². The maximum absolute atomic E-state index is 12.0. The molecule has 0 radical (unpaired) electrons. The Balaban J connectivity index is 1.63. The fraction of sp³-hybridized carbons (Fsp3) is 0.125. The predicted molar refractivity (Wildman–Crippen MR) is 90.8 cm³/mol. The van der Waals surface area contributed by atoms with Gasteiger partial charge in [-0.2, -0.15) is 4.98 Å². The highest BCUT2D eigenvalue weighted by atomic mass is 35.5. The van der Waals surface area contributed by atoms with Gasteiger partial charge >= 0.3 is 0 Å². The Morgan fingerprint density at radius 3 is 2.79 bits per heavy atom. The first-order chi connectivity index (χ1) is 11.6. The minimum Gasteiger partial charge on any atom is -0.315 e. The van der Waals surface area contributed by atoms with Crippen molar-refractivity contribution in [2.45, 2.75) is 13.0 Å². The largest absolute Gasteiger partial charge is 0.315 e. The maximum atomic E-state index is 12.0. The number of hydrogen-bond acceptors (Lipinski definition) is 4. The number of anilines is 1. The van der Waals surface area contributed by atoms with E-state index in [0.717, 1.165) is 0 Å². The molecule has 0 saturated carbocycles. The third kappa shape index (κ3) is 3.69. The molecular weight excluding hydrogens is 330 g/mol. The lowest BCUT2D eigenvalue weighted by Crippen LogP contribution is -2.22. The number of pyridine rings is 1. The van der Waals surface area contributed by atoms with Crippen molar-refractivity contribution in [2.75, 3.05) is 5.32 Å². The Morgan fingerprint density at radius 2 is 2.00 bits per heavy atom. The second kappa shape index (κ2) is 7.10. The zero-order valence-corrected chi connectivity index (χ0v) is 13.3. The van der Waals surface area contributed by atoms with Crippen LogP contribution < -0.4 is 10.9 Å². The third-order valence-electron chi connectivity index (χ3n) is 3.34. The molecule has 1 aromatic carbocycles. The zero-order valence-electron chi connectivity index (χ0n) is 12.6. The molecule has 122 valence electrons. The molecule has 1 amide bonds. The smallest absolute Gasteiger partial charge is 0.250 e. The Bertz CT molecular complexity index is 918. The molecule has 3 aromatic rings. The predicted octanol–water partition coefficient (Wildman–Crippen LogP) is 2.32. The lowest BCUT2D eigenvalue weighted by Gasteiger charge is -2.04. The van der Waals surface area contributed by atoms with Crippen LogP contribution in [0, 0.1) is 0 Å². The van der Waals surface area contributed by atoms with Gasteiger partial charge in [-0.3, -0.25) is 20.0 Å². The van der Waals surface area contributed by atoms with Crippen LogP contribution in [0.5, 0.6) is 0 Å². The van der Waals surface area contributed by atoms with Gasteiger partial charge in [-0.05, 0) is 18.2 Å². The number of aromatic amines is 1. The number of carbonyl (C=O) groups excluding carboxylic acids is 1. The molecule has 0 fully saturated rings. The Morgan fingerprint density at radius 1 is 1.21 bits per heavy atom. The van der Waals surface area contributed by atoms with Gasteiger partial charge in [0.15, 0.2) is 5.82 Å². The average molecular weight is 344 g/mol. The van der Waals surface area contributed by atoms with Crippen LogP contribution in [0.15, 0.2) is 53.5 Å². The topological polar surface area (TPSA) is 92.7 Å². The molecule has 0 atom stereocenters. The van der Waals surface area contributed by atoms with E-state index in [0.29, 0.717) is 16.4 Å². The summed E-state index contributed by atoms with van der Waals surface area (Å²) in [6, 6.07) is 12.0. The Kier molecular flexibility index (Phi) is 4.72. The van der Waals surface area contributed by atoms with Crippen molar-refractivity contribution in [2.24, 2.45) is 0 Å². The van der Waals surface area contributed by atoms with E-state index >= 15 is 0 Å². The molecule has 3 rings (SSSR count). The number of hydrogen-bond donors (Lipinski definition) is 2. The van der Waals surface area contributed by atoms with E-state index in [2.05, 4.69) is 20.5 Å². The fourth-order valence-electron chi connectivity index (χ4n) is 2.15. The van der Waals surface area contributed by atoms with Crippen LogP contribution in [0.2, 0.25) is 5.02 Å². The number of nitrogens with zero attached hydrogens (tertiary/aromatic N) is 3. The van der Waals surface area contributed by atoms with Crippen LogP contribution in [-0.4, -0.2) is 25.7 Å². The van der Waals surface area contributed by atoms with E-state index in [1.165, 1.54) is 10.6 Å². The van der Waals surface area contributed by atoms with Gasteiger partial charge in [0.2, 0.25) is 11.9 Å². The van der Waals surface area contributed by atoms with E-state index in [1.807, 2.05) is 12.1 Å². The van der Waals surface area contributed by atoms with Gasteiger partial charge < -0.3 is 4.57 Å². The molecule has 7 nitrogen and oxygen atoms in total. The summed E-state index contributed by atoms with van der Waals surface area (Å²) in [6.07, 6.45) is 1.78. The summed E-state index contributed by atoms with van der Waals surface area (Å²) in [5.41, 5.74) is 0.548. The SMILES string of the molecule is O=C(CCn1ccccc1=O)Nc1n[nH]c(-c2ccccc2Cl)n1. The molecule has 0 spiro atoms. The highest BCUT2D eigenvalue weighted by Gasteiger charge is 2.11. The lowest BCUT2D eigenvalue weighted by atomic mass is 10.2. The summed E-state index contributed by atoms with van der Waals surface area (Å²) in [5.74, 6) is 0.348. The lowest BCUT2D eigenvalue weighted by molar-refractivity contribution is -0.116. The van der Waals surface area contributed by atoms with Gasteiger partial charge in [-0.15, -0.1) is 5.10 Å². The maximum Gasteiger partial charge on any atom is 0.250 e. The molecule has 0 unspecified atom stereocenters. The van der Waals surface area contributed by atoms with Gasteiger partial charge in [0.05, 0.1) is 5.02 Å².